The second kappa shape index (κ2) is 30.6. The normalized spacial score (nSPS) is 18.7. The average Bonchev–Trinajstić information content (AvgIpc) is 1.68. The third-order valence-corrected chi connectivity index (χ3v) is 25.3. The predicted molar refractivity (Wildman–Crippen MR) is 380 cm³/mol. The molecular formula is C75H88BrN9O9S3. The van der Waals surface area contributed by atoms with Crippen molar-refractivity contribution in [3.8, 4) is 0 Å². The van der Waals surface area contributed by atoms with Crippen LogP contribution >= 0.6 is 15.9 Å². The molecule has 0 aromatic heterocycles. The fourth-order valence-corrected chi connectivity index (χ4v) is 19.1. The van der Waals surface area contributed by atoms with Crippen LogP contribution in [0, 0.1) is 0 Å². The molecule has 512 valence electrons. The number of amides is 6. The summed E-state index contributed by atoms with van der Waals surface area (Å²) in [7, 11) is -9.86. The lowest BCUT2D eigenvalue weighted by Gasteiger charge is -2.16. The maximum atomic E-state index is 13.1. The topological polar surface area (TPSA) is 287 Å². The van der Waals surface area contributed by atoms with Crippen LogP contribution in [0.4, 0.5) is 0 Å². The van der Waals surface area contributed by atoms with Gasteiger partial charge in [0.25, 0.3) is 17.7 Å². The van der Waals surface area contributed by atoms with Gasteiger partial charge in [0, 0.05) is 57.3 Å². The predicted octanol–water partition coefficient (Wildman–Crippen LogP) is 10.4. The number of halogens is 1. The van der Waals surface area contributed by atoms with E-state index in [2.05, 4.69) is 52.5 Å². The molecule has 7 N–H and O–H groups in total. The van der Waals surface area contributed by atoms with Crippen LogP contribution in [0.1, 0.15) is 177 Å². The number of hydrogen-bond donors (Lipinski definition) is 4. The van der Waals surface area contributed by atoms with E-state index in [0.29, 0.717) is 45.9 Å². The fraction of sp³-hybridized carbons (Fsp3) is 0.440. The van der Waals surface area contributed by atoms with Crippen LogP contribution in [0.3, 0.4) is 0 Å². The summed E-state index contributed by atoms with van der Waals surface area (Å²) in [5, 5.41) is 21.4. The number of benzene rings is 6. The van der Waals surface area contributed by atoms with E-state index in [9.17, 15) is 41.4 Å². The first-order chi connectivity index (χ1) is 46.7. The zero-order valence-electron chi connectivity index (χ0n) is 55.2. The number of rotatable bonds is 14. The first-order valence-corrected chi connectivity index (χ1v) is 40.4. The van der Waals surface area contributed by atoms with Gasteiger partial charge in [-0.15, -0.1) is 13.1 Å². The van der Waals surface area contributed by atoms with Crippen LogP contribution in [0.25, 0.3) is 0 Å². The van der Waals surface area contributed by atoms with Crippen molar-refractivity contribution >= 4 is 81.1 Å². The molecule has 0 radical (unpaired) electrons. The van der Waals surface area contributed by atoms with Crippen molar-refractivity contribution in [3.05, 3.63) is 191 Å². The highest BCUT2D eigenvalue weighted by molar-refractivity contribution is 9.08. The maximum absolute atomic E-state index is 13.1. The number of carbonyl (C=O) groups excluding carboxylic acids is 6. The summed E-state index contributed by atoms with van der Waals surface area (Å²) in [6, 6.07) is 27.9. The van der Waals surface area contributed by atoms with E-state index < -0.39 is 41.6 Å². The molecule has 6 aliphatic carbocycles. The van der Waals surface area contributed by atoms with E-state index in [0.717, 1.165) is 194 Å². The molecular weight excluding hydrogens is 1350 g/mol. The van der Waals surface area contributed by atoms with Crippen molar-refractivity contribution in [3.63, 3.8) is 0 Å². The molecule has 18 nitrogen and oxygen atoms in total. The van der Waals surface area contributed by atoms with E-state index in [1.54, 1.807) is 36.4 Å². The molecule has 97 heavy (non-hydrogen) atoms. The summed E-state index contributed by atoms with van der Waals surface area (Å²) < 4.78 is 50.9. The Morgan fingerprint density at radius 1 is 0.392 bits per heavy atom. The molecule has 3 heterocycles. The number of hydrogen-bond acceptors (Lipinski definition) is 9. The molecule has 3 atom stereocenters. The van der Waals surface area contributed by atoms with Gasteiger partial charge in [0.2, 0.25) is 17.7 Å². The minimum atomic E-state index is -3.32. The zero-order chi connectivity index (χ0) is 68.0. The van der Waals surface area contributed by atoms with Crippen molar-refractivity contribution in [2.24, 2.45) is 28.5 Å². The Labute approximate surface area is 579 Å². The van der Waals surface area contributed by atoms with Crippen LogP contribution in [0.15, 0.2) is 119 Å². The maximum Gasteiger partial charge on any atom is 0.259 e. The fourth-order valence-electron chi connectivity index (χ4n) is 15.7. The Kier molecular flexibility index (Phi) is 22.0. The summed E-state index contributed by atoms with van der Waals surface area (Å²) in [5.41, 5.74) is 22.4. The molecule has 3 aliphatic heterocycles. The highest BCUT2D eigenvalue weighted by Gasteiger charge is 2.30. The second-order valence-corrected chi connectivity index (χ2v) is 33.0. The molecule has 3 unspecified atom stereocenters. The van der Waals surface area contributed by atoms with Crippen LogP contribution in [0.5, 0.6) is 0 Å². The Balaban J connectivity index is 0.000000133. The number of nitrogens with one attached hydrogen (secondary N) is 1. The number of likely N-dealkylation sites (tertiary alicyclic amines) is 2. The third kappa shape index (κ3) is 16.7. The first kappa shape index (κ1) is 69.8. The number of alkyl halides is 1. The van der Waals surface area contributed by atoms with E-state index >= 15 is 0 Å². The van der Waals surface area contributed by atoms with Gasteiger partial charge in [-0.05, 0) is 271 Å². The SMILES string of the molecule is NS(=O)(=NC(=O)Cc1c2c(cc3c1CCC3)CCC2)c1ccc(CBr)cc1.NS(=O)(=NC(=O)Cc1c2c(cc3c1CCC3)CCC2)c1ccc(CN2CCCC2=O)cc1.NS(=O)(=NC(=O)Cc1c2c(cc3c1CCC3)CCC2)c1ccc(CN2CCCC2=O)cc1.O=C1CCCN1. The Hall–Kier alpha value is -7.05. The van der Waals surface area contributed by atoms with E-state index in [-0.39, 0.29) is 42.9 Å². The van der Waals surface area contributed by atoms with Crippen LogP contribution < -0.4 is 20.7 Å². The number of carbonyl (C=O) groups is 6. The molecule has 6 aromatic carbocycles. The van der Waals surface area contributed by atoms with Gasteiger partial charge in [0.15, 0.2) is 0 Å². The lowest BCUT2D eigenvalue weighted by molar-refractivity contribution is -0.129. The van der Waals surface area contributed by atoms with Gasteiger partial charge < -0.3 is 15.1 Å². The molecule has 0 saturated carbocycles. The molecule has 15 rings (SSSR count). The van der Waals surface area contributed by atoms with Crippen LogP contribution in [-0.4, -0.2) is 77.5 Å². The molecule has 0 spiro atoms. The Bertz CT molecular complexity index is 4210. The molecule has 0 bridgehead atoms. The second-order valence-electron chi connectivity index (χ2n) is 27.1. The van der Waals surface area contributed by atoms with E-state index in [4.69, 9.17) is 15.4 Å². The summed E-state index contributed by atoms with van der Waals surface area (Å²) in [5.74, 6) is -0.693. The molecule has 3 saturated heterocycles. The monoisotopic (exact) mass is 1430 g/mol. The van der Waals surface area contributed by atoms with Crippen LogP contribution in [0.2, 0.25) is 0 Å². The standard InChI is InChI=1S/2C25H29N3O3S.C21H23BrN2O2S.C4H7NO/c2*26-32(31,20-11-9-17(10-12-20)16-28-13-3-8-25(28)30)27-24(29)15-23-21-6-1-4-18(21)14-19-5-2-7-22(19)23;22-13-14-7-9-17(10-8-14)27(23,26)24-21(25)12-20-18-5-1-3-15(18)11-16-4-2-6-19(16)20;6-4-2-1-3-5-4/h2*9-12,14H,1-8,13,15-16H2,(H2,26,27,29,31);7-11H,1-6,12-13H2,(H2,23,24,25,26);1-3H2,(H,5,6). The lowest BCUT2D eigenvalue weighted by Crippen LogP contribution is -2.23. The third-order valence-electron chi connectivity index (χ3n) is 20.4. The van der Waals surface area contributed by atoms with E-state index in [1.165, 1.54) is 66.8 Å². The number of nitrogens with zero attached hydrogens (tertiary/aromatic N) is 5. The van der Waals surface area contributed by atoms with Crippen molar-refractivity contribution < 1.29 is 41.4 Å². The minimum Gasteiger partial charge on any atom is -0.356 e. The summed E-state index contributed by atoms with van der Waals surface area (Å²) in [6.07, 6.45) is 24.6. The number of fused-ring (bicyclic) bond motifs is 6. The van der Waals surface area contributed by atoms with E-state index in [1.807, 2.05) is 46.2 Å². The smallest absolute Gasteiger partial charge is 0.259 e. The van der Waals surface area contributed by atoms with Crippen molar-refractivity contribution in [1.29, 1.82) is 0 Å². The lowest BCUT2D eigenvalue weighted by atomic mass is 9.92. The van der Waals surface area contributed by atoms with Crippen LogP contribution in [-0.2, 0) is 173 Å². The minimum absolute atomic E-state index is 0.163. The van der Waals surface area contributed by atoms with Crippen molar-refractivity contribution in [2.75, 3.05) is 19.6 Å². The molecule has 22 heteroatoms. The summed E-state index contributed by atoms with van der Waals surface area (Å²) in [6.45, 7) is 3.49. The van der Waals surface area contributed by atoms with Gasteiger partial charge in [-0.1, -0.05) is 70.5 Å². The number of aryl methyl sites for hydroxylation is 6. The quantitative estimate of drug-likeness (QED) is 0.0753. The van der Waals surface area contributed by atoms with Crippen molar-refractivity contribution in [1.82, 2.24) is 15.1 Å². The van der Waals surface area contributed by atoms with Gasteiger partial charge in [-0.2, -0.15) is 0 Å². The van der Waals surface area contributed by atoms with Gasteiger partial charge >= 0.3 is 0 Å². The largest absolute Gasteiger partial charge is 0.356 e. The Morgan fingerprint density at radius 2 is 0.680 bits per heavy atom. The van der Waals surface area contributed by atoms with Gasteiger partial charge in [0.1, 0.15) is 29.7 Å². The van der Waals surface area contributed by atoms with Crippen molar-refractivity contribution in [2.45, 2.75) is 206 Å². The molecule has 6 amide bonds. The average molecular weight is 1440 g/mol. The van der Waals surface area contributed by atoms with Gasteiger partial charge in [-0.25, -0.2) is 28.0 Å². The highest BCUT2D eigenvalue weighted by atomic mass is 79.9. The van der Waals surface area contributed by atoms with Gasteiger partial charge in [-0.3, -0.25) is 28.8 Å². The van der Waals surface area contributed by atoms with Gasteiger partial charge in [0.05, 0.1) is 33.9 Å². The molecule has 9 aliphatic rings. The first-order valence-electron chi connectivity index (χ1n) is 34.5. The molecule has 3 fully saturated rings. The summed E-state index contributed by atoms with van der Waals surface area (Å²) in [4.78, 5) is 76.9. The molecule has 6 aromatic rings. The zero-order valence-corrected chi connectivity index (χ0v) is 59.3. The number of nitrogens with two attached hydrogens (primary N) is 3. The summed E-state index contributed by atoms with van der Waals surface area (Å²) >= 11 is 3.38. The Morgan fingerprint density at radius 3 is 0.907 bits per heavy atom. The highest BCUT2D eigenvalue weighted by Crippen LogP contribution is 2.39.